The Morgan fingerprint density at radius 1 is 1.78 bits per heavy atom. The van der Waals surface area contributed by atoms with Crippen molar-refractivity contribution < 1.29 is 4.48 Å². The molecule has 0 bridgehead atoms. The van der Waals surface area contributed by atoms with Gasteiger partial charge in [0.25, 0.3) is 0 Å². The predicted octanol–water partition coefficient (Wildman–Crippen LogP) is -0.442. The quantitative estimate of drug-likeness (QED) is 0.516. The van der Waals surface area contributed by atoms with Crippen LogP contribution in [-0.4, -0.2) is 9.77 Å². The highest BCUT2D eigenvalue weighted by Crippen LogP contribution is 1.87. The minimum atomic E-state index is -0.991. The molecule has 0 unspecified atom stereocenters. The molecule has 0 saturated heterocycles. The first kappa shape index (κ1) is 5.74. The number of anilines is 1. The van der Waals surface area contributed by atoms with Crippen molar-refractivity contribution in [3.05, 3.63) is 22.7 Å². The van der Waals surface area contributed by atoms with Gasteiger partial charge < -0.3 is 5.73 Å². The molecule has 0 aliphatic rings. The van der Waals surface area contributed by atoms with E-state index in [4.69, 9.17) is 5.73 Å². The summed E-state index contributed by atoms with van der Waals surface area (Å²) in [7, 11) is 0. The van der Waals surface area contributed by atoms with Gasteiger partial charge in [0, 0.05) is 6.20 Å². The highest BCUT2D eigenvalue weighted by molar-refractivity contribution is 5.22. The van der Waals surface area contributed by atoms with Crippen LogP contribution in [-0.2, 0) is 0 Å². The number of hydrogen-bond acceptors (Lipinski definition) is 3. The molecule has 0 aromatic carbocycles. The van der Waals surface area contributed by atoms with Gasteiger partial charge in [0.1, 0.15) is 5.82 Å². The highest BCUT2D eigenvalue weighted by Gasteiger charge is 1.91. The summed E-state index contributed by atoms with van der Waals surface area (Å²) in [5, 5.41) is 0. The summed E-state index contributed by atoms with van der Waals surface area (Å²) in [5.74, 6) is 0.0221. The molecule has 0 saturated carbocycles. The maximum atomic E-state index is 12.0. The molecule has 0 radical (unpaired) electrons. The second kappa shape index (κ2) is 1.85. The molecule has 2 N–H and O–H groups in total. The van der Waals surface area contributed by atoms with Crippen LogP contribution in [0.4, 0.5) is 10.3 Å². The molecule has 1 aromatic rings. The van der Waals surface area contributed by atoms with Crippen molar-refractivity contribution in [3.8, 4) is 0 Å². The number of nitrogens with two attached hydrogens (primary N) is 1. The number of nitrogens with zero attached hydrogens (tertiary/aromatic N) is 2. The minimum absolute atomic E-state index is 0.0221. The lowest BCUT2D eigenvalue weighted by molar-refractivity contribution is 0.344. The number of rotatable bonds is 0. The molecular formula is C4H4FN3O. The van der Waals surface area contributed by atoms with Crippen LogP contribution < -0.4 is 11.4 Å². The third-order valence-electron chi connectivity index (χ3n) is 0.784. The molecule has 48 valence electrons. The molecular weight excluding hydrogens is 125 g/mol. The summed E-state index contributed by atoms with van der Waals surface area (Å²) < 4.78 is 12.0. The summed E-state index contributed by atoms with van der Waals surface area (Å²) in [5.41, 5.74) is 4.05. The topological polar surface area (TPSA) is 60.9 Å². The Labute approximate surface area is 49.7 Å². The van der Waals surface area contributed by atoms with Crippen LogP contribution in [0.2, 0.25) is 0 Å². The number of hydrogen-bond donors (Lipinski definition) is 1. The fourth-order valence-corrected chi connectivity index (χ4v) is 0.401. The maximum Gasteiger partial charge on any atom is 0.377 e. The van der Waals surface area contributed by atoms with E-state index < -0.39 is 5.69 Å². The van der Waals surface area contributed by atoms with Gasteiger partial charge in [0.15, 0.2) is 0 Å². The van der Waals surface area contributed by atoms with Crippen LogP contribution in [0.3, 0.4) is 0 Å². The lowest BCUT2D eigenvalue weighted by atomic mass is 10.6. The zero-order chi connectivity index (χ0) is 6.85. The zero-order valence-electron chi connectivity index (χ0n) is 4.41. The van der Waals surface area contributed by atoms with Crippen LogP contribution in [0.1, 0.15) is 0 Å². The van der Waals surface area contributed by atoms with Crippen LogP contribution >= 0.6 is 0 Å². The first-order valence-electron chi connectivity index (χ1n) is 2.21. The summed E-state index contributed by atoms with van der Waals surface area (Å²) >= 11 is 0. The standard InChI is InChI=1S/C4H4FN3O/c5-8-2-1-3(6)7-4(8)9/h1-2H,(H2,6,7,9). The van der Waals surface area contributed by atoms with Gasteiger partial charge >= 0.3 is 5.69 Å². The van der Waals surface area contributed by atoms with Gasteiger partial charge in [-0.25, -0.2) is 4.79 Å². The molecule has 0 spiro atoms. The van der Waals surface area contributed by atoms with Gasteiger partial charge in [-0.05, 0) is 6.07 Å². The van der Waals surface area contributed by atoms with Gasteiger partial charge in [0.05, 0.1) is 0 Å². The highest BCUT2D eigenvalue weighted by atomic mass is 19.2. The Morgan fingerprint density at radius 3 is 2.89 bits per heavy atom. The average molecular weight is 129 g/mol. The van der Waals surface area contributed by atoms with E-state index in [9.17, 15) is 9.28 Å². The van der Waals surface area contributed by atoms with Crippen molar-refractivity contribution in [1.29, 1.82) is 0 Å². The van der Waals surface area contributed by atoms with Crippen molar-refractivity contribution in [2.24, 2.45) is 0 Å². The summed E-state index contributed by atoms with van der Waals surface area (Å²) in [6, 6.07) is 1.20. The largest absolute Gasteiger partial charge is 0.383 e. The van der Waals surface area contributed by atoms with Gasteiger partial charge in [0.2, 0.25) is 0 Å². The number of halogens is 1. The Kier molecular flexibility index (Phi) is 1.18. The van der Waals surface area contributed by atoms with Crippen LogP contribution in [0.5, 0.6) is 0 Å². The van der Waals surface area contributed by atoms with E-state index >= 15 is 0 Å². The average Bonchev–Trinajstić information content (AvgIpc) is 1.80. The lowest BCUT2D eigenvalue weighted by Gasteiger charge is -1.88. The van der Waals surface area contributed by atoms with Crippen LogP contribution in [0, 0.1) is 0 Å². The summed E-state index contributed by atoms with van der Waals surface area (Å²) in [6.45, 7) is 0. The first-order valence-corrected chi connectivity index (χ1v) is 2.21. The SMILES string of the molecule is Nc1ccn(F)c(=O)n1. The van der Waals surface area contributed by atoms with E-state index in [-0.39, 0.29) is 10.6 Å². The fraction of sp³-hybridized carbons (Fsp3) is 0. The van der Waals surface area contributed by atoms with Gasteiger partial charge in [-0.1, -0.05) is 4.48 Å². The number of aromatic nitrogens is 2. The monoisotopic (exact) mass is 129 g/mol. The van der Waals surface area contributed by atoms with Crippen molar-refractivity contribution >= 4 is 5.82 Å². The first-order chi connectivity index (χ1) is 4.20. The summed E-state index contributed by atoms with van der Waals surface area (Å²) in [4.78, 5) is 13.2. The lowest BCUT2D eigenvalue weighted by Crippen LogP contribution is -2.17. The van der Waals surface area contributed by atoms with E-state index in [1.807, 2.05) is 0 Å². The molecule has 0 aliphatic heterocycles. The van der Waals surface area contributed by atoms with Crippen molar-refractivity contribution in [2.75, 3.05) is 5.73 Å². The smallest absolute Gasteiger partial charge is 0.377 e. The Bertz CT molecular complexity index is 269. The van der Waals surface area contributed by atoms with Gasteiger partial charge in [-0.15, -0.1) is 4.79 Å². The second-order valence-corrected chi connectivity index (χ2v) is 1.45. The second-order valence-electron chi connectivity index (χ2n) is 1.45. The molecule has 1 aromatic heterocycles. The Morgan fingerprint density at radius 2 is 2.44 bits per heavy atom. The molecule has 4 nitrogen and oxygen atoms in total. The molecule has 0 fully saturated rings. The van der Waals surface area contributed by atoms with E-state index in [0.29, 0.717) is 0 Å². The van der Waals surface area contributed by atoms with E-state index in [1.165, 1.54) is 6.07 Å². The van der Waals surface area contributed by atoms with E-state index in [2.05, 4.69) is 4.98 Å². The van der Waals surface area contributed by atoms with E-state index in [1.54, 1.807) is 0 Å². The molecule has 1 rings (SSSR count). The molecule has 0 aliphatic carbocycles. The fourth-order valence-electron chi connectivity index (χ4n) is 0.401. The van der Waals surface area contributed by atoms with Crippen molar-refractivity contribution in [3.63, 3.8) is 0 Å². The van der Waals surface area contributed by atoms with Gasteiger partial charge in [-0.3, -0.25) is 0 Å². The van der Waals surface area contributed by atoms with Crippen molar-refractivity contribution in [2.45, 2.75) is 0 Å². The Balaban J connectivity index is 3.34. The third-order valence-corrected chi connectivity index (χ3v) is 0.784. The summed E-state index contributed by atoms with van der Waals surface area (Å²) in [6.07, 6.45) is 0.907. The molecule has 9 heavy (non-hydrogen) atoms. The third kappa shape index (κ3) is 1.04. The normalized spacial score (nSPS) is 9.44. The minimum Gasteiger partial charge on any atom is -0.383 e. The molecule has 1 heterocycles. The maximum absolute atomic E-state index is 12.0. The number of nitrogen functional groups attached to an aromatic ring is 1. The molecule has 0 amide bonds. The zero-order valence-corrected chi connectivity index (χ0v) is 4.41. The Hall–Kier alpha value is -1.39. The molecule has 5 heteroatoms. The van der Waals surface area contributed by atoms with Gasteiger partial charge in [-0.2, -0.15) is 4.98 Å². The van der Waals surface area contributed by atoms with E-state index in [0.717, 1.165) is 6.20 Å². The van der Waals surface area contributed by atoms with Crippen molar-refractivity contribution in [1.82, 2.24) is 9.77 Å². The molecule has 0 atom stereocenters. The van der Waals surface area contributed by atoms with Crippen LogP contribution in [0.25, 0.3) is 0 Å². The predicted molar refractivity (Wildman–Crippen MR) is 29.4 cm³/mol. The van der Waals surface area contributed by atoms with Crippen LogP contribution in [0.15, 0.2) is 17.1 Å².